The van der Waals surface area contributed by atoms with Crippen molar-refractivity contribution < 1.29 is 9.53 Å². The largest absolute Gasteiger partial charge is 0.465 e. The third-order valence-corrected chi connectivity index (χ3v) is 2.76. The zero-order valence-corrected chi connectivity index (χ0v) is 10.7. The molecule has 0 N–H and O–H groups in total. The predicted octanol–water partition coefficient (Wildman–Crippen LogP) is 3.30. The fourth-order valence-electron chi connectivity index (χ4n) is 1.70. The quantitative estimate of drug-likeness (QED) is 0.470. The van der Waals surface area contributed by atoms with Gasteiger partial charge in [0.05, 0.1) is 12.7 Å². The molecule has 0 radical (unpaired) electrons. The van der Waals surface area contributed by atoms with Crippen molar-refractivity contribution in [2.75, 3.05) is 6.61 Å². The number of esters is 1. The molecular formula is C13H23NO2. The number of carbonyl (C=O) groups is 1. The van der Waals surface area contributed by atoms with Crippen molar-refractivity contribution in [1.29, 1.82) is 5.26 Å². The van der Waals surface area contributed by atoms with Crippen LogP contribution >= 0.6 is 0 Å². The number of carbonyl (C=O) groups excluding carboxylic acids is 1. The Kier molecular flexibility index (Phi) is 8.61. The summed E-state index contributed by atoms with van der Waals surface area (Å²) in [6.45, 7) is 6.23. The van der Waals surface area contributed by atoms with Crippen LogP contribution in [0.2, 0.25) is 0 Å². The number of unbranched alkanes of at least 4 members (excludes halogenated alkanes) is 3. The first-order chi connectivity index (χ1) is 7.67. The first-order valence-electron chi connectivity index (χ1n) is 6.23. The van der Waals surface area contributed by atoms with E-state index in [0.29, 0.717) is 6.61 Å². The first kappa shape index (κ1) is 15.0. The van der Waals surface area contributed by atoms with Crippen LogP contribution in [0.5, 0.6) is 0 Å². The van der Waals surface area contributed by atoms with Gasteiger partial charge in [0.25, 0.3) is 0 Å². The highest BCUT2D eigenvalue weighted by molar-refractivity contribution is 5.75. The molecule has 0 bridgehead atoms. The SMILES string of the molecule is CCCCCC[C@@H](C)[C@H](C#N)C(=O)OCC. The molecule has 0 aliphatic carbocycles. The summed E-state index contributed by atoms with van der Waals surface area (Å²) >= 11 is 0. The topological polar surface area (TPSA) is 50.1 Å². The Morgan fingerprint density at radius 1 is 1.31 bits per heavy atom. The van der Waals surface area contributed by atoms with Gasteiger partial charge in [-0.2, -0.15) is 5.26 Å². The van der Waals surface area contributed by atoms with E-state index in [2.05, 4.69) is 13.0 Å². The lowest BCUT2D eigenvalue weighted by atomic mass is 9.90. The normalized spacial score (nSPS) is 13.9. The molecule has 3 nitrogen and oxygen atoms in total. The van der Waals surface area contributed by atoms with Crippen molar-refractivity contribution in [3.63, 3.8) is 0 Å². The molecule has 92 valence electrons. The van der Waals surface area contributed by atoms with Gasteiger partial charge in [-0.1, -0.05) is 39.5 Å². The van der Waals surface area contributed by atoms with Crippen LogP contribution in [0, 0.1) is 23.2 Å². The molecule has 0 aromatic heterocycles. The van der Waals surface area contributed by atoms with Gasteiger partial charge in [-0.15, -0.1) is 0 Å². The van der Waals surface area contributed by atoms with E-state index in [4.69, 9.17) is 10.00 Å². The first-order valence-corrected chi connectivity index (χ1v) is 6.23. The smallest absolute Gasteiger partial charge is 0.323 e. The molecule has 16 heavy (non-hydrogen) atoms. The Morgan fingerprint density at radius 2 is 2.00 bits per heavy atom. The summed E-state index contributed by atoms with van der Waals surface area (Å²) in [7, 11) is 0. The monoisotopic (exact) mass is 225 g/mol. The van der Waals surface area contributed by atoms with Gasteiger partial charge in [0, 0.05) is 0 Å². The third-order valence-electron chi connectivity index (χ3n) is 2.76. The minimum absolute atomic E-state index is 0.0981. The molecule has 0 amide bonds. The maximum Gasteiger partial charge on any atom is 0.323 e. The highest BCUT2D eigenvalue weighted by Gasteiger charge is 2.25. The standard InChI is InChI=1S/C13H23NO2/c1-4-6-7-8-9-11(3)12(10-14)13(15)16-5-2/h11-12H,4-9H2,1-3H3/t11-,12+/m1/s1. The van der Waals surface area contributed by atoms with E-state index in [-0.39, 0.29) is 11.9 Å². The summed E-state index contributed by atoms with van der Waals surface area (Å²) in [5.41, 5.74) is 0. The lowest BCUT2D eigenvalue weighted by molar-refractivity contribution is -0.147. The second-order valence-corrected chi connectivity index (χ2v) is 4.19. The van der Waals surface area contributed by atoms with E-state index in [9.17, 15) is 4.79 Å². The van der Waals surface area contributed by atoms with Crippen LogP contribution in [0.4, 0.5) is 0 Å². The van der Waals surface area contributed by atoms with Gasteiger partial charge in [0.1, 0.15) is 5.92 Å². The number of ether oxygens (including phenoxy) is 1. The van der Waals surface area contributed by atoms with Gasteiger partial charge in [-0.25, -0.2) is 0 Å². The molecule has 0 rings (SSSR count). The van der Waals surface area contributed by atoms with Gasteiger partial charge >= 0.3 is 5.97 Å². The Morgan fingerprint density at radius 3 is 2.50 bits per heavy atom. The summed E-state index contributed by atoms with van der Waals surface area (Å²) in [6, 6.07) is 2.05. The zero-order chi connectivity index (χ0) is 12.4. The van der Waals surface area contributed by atoms with Gasteiger partial charge in [0.2, 0.25) is 0 Å². The van der Waals surface area contributed by atoms with Crippen LogP contribution in [0.3, 0.4) is 0 Å². The summed E-state index contributed by atoms with van der Waals surface area (Å²) in [6.07, 6.45) is 5.63. The van der Waals surface area contributed by atoms with E-state index >= 15 is 0 Å². The van der Waals surface area contributed by atoms with Crippen molar-refractivity contribution in [3.8, 4) is 6.07 Å². The molecule has 0 fully saturated rings. The molecule has 0 spiro atoms. The van der Waals surface area contributed by atoms with Crippen molar-refractivity contribution in [1.82, 2.24) is 0 Å². The highest BCUT2D eigenvalue weighted by atomic mass is 16.5. The second-order valence-electron chi connectivity index (χ2n) is 4.19. The number of nitrogens with zero attached hydrogens (tertiary/aromatic N) is 1. The van der Waals surface area contributed by atoms with Crippen LogP contribution in [0.1, 0.15) is 52.9 Å². The van der Waals surface area contributed by atoms with E-state index in [1.807, 2.05) is 6.92 Å². The van der Waals surface area contributed by atoms with Gasteiger partial charge in [-0.05, 0) is 19.3 Å². The van der Waals surface area contributed by atoms with Gasteiger partial charge in [-0.3, -0.25) is 4.79 Å². The average Bonchev–Trinajstić information content (AvgIpc) is 2.26. The third kappa shape index (κ3) is 5.75. The minimum atomic E-state index is -0.596. The molecule has 3 heteroatoms. The van der Waals surface area contributed by atoms with E-state index in [1.54, 1.807) is 6.92 Å². The van der Waals surface area contributed by atoms with Crippen LogP contribution in [-0.2, 0) is 9.53 Å². The summed E-state index contributed by atoms with van der Waals surface area (Å²) in [5.74, 6) is -0.865. The molecule has 0 saturated heterocycles. The predicted molar refractivity (Wildman–Crippen MR) is 63.7 cm³/mol. The van der Waals surface area contributed by atoms with Crippen molar-refractivity contribution in [2.24, 2.45) is 11.8 Å². The summed E-state index contributed by atoms with van der Waals surface area (Å²) in [5, 5.41) is 8.95. The lowest BCUT2D eigenvalue weighted by Gasteiger charge is -2.15. The highest BCUT2D eigenvalue weighted by Crippen LogP contribution is 2.20. The maximum atomic E-state index is 11.5. The molecule has 0 unspecified atom stereocenters. The molecule has 0 heterocycles. The number of rotatable bonds is 8. The molecule has 0 aliphatic rings. The Balaban J connectivity index is 3.97. The van der Waals surface area contributed by atoms with Crippen molar-refractivity contribution in [2.45, 2.75) is 52.9 Å². The van der Waals surface area contributed by atoms with Gasteiger partial charge in [0.15, 0.2) is 0 Å². The molecule has 2 atom stereocenters. The van der Waals surface area contributed by atoms with E-state index < -0.39 is 5.92 Å². The van der Waals surface area contributed by atoms with Crippen molar-refractivity contribution in [3.05, 3.63) is 0 Å². The number of hydrogen-bond donors (Lipinski definition) is 0. The van der Waals surface area contributed by atoms with Gasteiger partial charge < -0.3 is 4.74 Å². The summed E-state index contributed by atoms with van der Waals surface area (Å²) < 4.78 is 4.88. The average molecular weight is 225 g/mol. The maximum absolute atomic E-state index is 11.5. The number of nitriles is 1. The van der Waals surface area contributed by atoms with Crippen LogP contribution in [-0.4, -0.2) is 12.6 Å². The Bertz CT molecular complexity index is 233. The van der Waals surface area contributed by atoms with E-state index in [0.717, 1.165) is 12.8 Å². The Labute approximate surface area is 98.8 Å². The second kappa shape index (κ2) is 9.21. The minimum Gasteiger partial charge on any atom is -0.465 e. The van der Waals surface area contributed by atoms with Crippen LogP contribution < -0.4 is 0 Å². The zero-order valence-electron chi connectivity index (χ0n) is 10.7. The fraction of sp³-hybridized carbons (Fsp3) is 0.846. The van der Waals surface area contributed by atoms with Crippen molar-refractivity contribution >= 4 is 5.97 Å². The van der Waals surface area contributed by atoms with E-state index in [1.165, 1.54) is 19.3 Å². The summed E-state index contributed by atoms with van der Waals surface area (Å²) in [4.78, 5) is 11.5. The molecular weight excluding hydrogens is 202 g/mol. The molecule has 0 aromatic carbocycles. The molecule has 0 aromatic rings. The lowest BCUT2D eigenvalue weighted by Crippen LogP contribution is -2.22. The van der Waals surface area contributed by atoms with Crippen LogP contribution in [0.15, 0.2) is 0 Å². The Hall–Kier alpha value is -1.04. The number of hydrogen-bond acceptors (Lipinski definition) is 3. The molecule has 0 aliphatic heterocycles. The van der Waals surface area contributed by atoms with Crippen LogP contribution in [0.25, 0.3) is 0 Å². The molecule has 0 saturated carbocycles. The fourth-order valence-corrected chi connectivity index (χ4v) is 1.70.